The predicted molar refractivity (Wildman–Crippen MR) is 64.0 cm³/mol. The lowest BCUT2D eigenvalue weighted by Crippen LogP contribution is -2.38. The zero-order valence-electron chi connectivity index (χ0n) is 8.76. The quantitative estimate of drug-likeness (QED) is 0.859. The summed E-state index contributed by atoms with van der Waals surface area (Å²) in [6.07, 6.45) is 4.21. The number of nitrogens with zero attached hydrogens (tertiary/aromatic N) is 2. The van der Waals surface area contributed by atoms with Crippen molar-refractivity contribution in [2.75, 3.05) is 18.4 Å². The van der Waals surface area contributed by atoms with Gasteiger partial charge in [0.25, 0.3) is 0 Å². The number of aryl methyl sites for hydroxylation is 1. The van der Waals surface area contributed by atoms with Gasteiger partial charge in [-0.2, -0.15) is 0 Å². The molecule has 1 aromatic heterocycles. The molecule has 4 nitrogen and oxygen atoms in total. The van der Waals surface area contributed by atoms with Gasteiger partial charge in [-0.3, -0.25) is 0 Å². The lowest BCUT2D eigenvalue weighted by Gasteiger charge is -2.24. The van der Waals surface area contributed by atoms with Crippen molar-refractivity contribution in [2.45, 2.75) is 25.8 Å². The Hall–Kier alpha value is -0.680. The van der Waals surface area contributed by atoms with Crippen LogP contribution in [0.5, 0.6) is 0 Å². The van der Waals surface area contributed by atoms with Crippen LogP contribution in [0.3, 0.4) is 0 Å². The first-order valence-electron chi connectivity index (χ1n) is 5.22. The summed E-state index contributed by atoms with van der Waals surface area (Å²) in [5.41, 5.74) is 0. The van der Waals surface area contributed by atoms with E-state index in [4.69, 9.17) is 0 Å². The van der Waals surface area contributed by atoms with Gasteiger partial charge in [0.1, 0.15) is 11.6 Å². The molecule has 1 unspecified atom stereocenters. The van der Waals surface area contributed by atoms with E-state index in [1.165, 1.54) is 12.8 Å². The average Bonchev–Trinajstić information content (AvgIpc) is 2.25. The Balaban J connectivity index is 2.05. The van der Waals surface area contributed by atoms with Crippen LogP contribution in [0.2, 0.25) is 0 Å². The first-order chi connectivity index (χ1) is 7.25. The number of hydrogen-bond donors (Lipinski definition) is 2. The van der Waals surface area contributed by atoms with Crippen LogP contribution < -0.4 is 10.6 Å². The van der Waals surface area contributed by atoms with Gasteiger partial charge in [-0.25, -0.2) is 9.97 Å². The topological polar surface area (TPSA) is 49.8 Å². The summed E-state index contributed by atoms with van der Waals surface area (Å²) in [6.45, 7) is 4.04. The fourth-order valence-corrected chi connectivity index (χ4v) is 2.03. The summed E-state index contributed by atoms with van der Waals surface area (Å²) in [6, 6.07) is 0.476. The summed E-state index contributed by atoms with van der Waals surface area (Å²) in [5, 5.41) is 6.80. The Morgan fingerprint density at radius 2 is 2.47 bits per heavy atom. The maximum atomic E-state index is 4.37. The Kier molecular flexibility index (Phi) is 3.53. The third kappa shape index (κ3) is 2.89. The Labute approximate surface area is 98.0 Å². The van der Waals surface area contributed by atoms with Crippen molar-refractivity contribution in [1.29, 1.82) is 0 Å². The molecular weight excluding hydrogens is 256 g/mol. The third-order valence-electron chi connectivity index (χ3n) is 2.50. The molecule has 0 bridgehead atoms. The van der Waals surface area contributed by atoms with Gasteiger partial charge in [-0.15, -0.1) is 0 Å². The molecule has 0 spiro atoms. The standard InChI is InChI=1S/C10H15BrN4/c1-7-13-6-9(11)10(14-7)15-8-3-2-4-12-5-8/h6,8,12H,2-5H2,1H3,(H,13,14,15). The summed E-state index contributed by atoms with van der Waals surface area (Å²) >= 11 is 3.45. The minimum atomic E-state index is 0.476. The molecule has 2 N–H and O–H groups in total. The Morgan fingerprint density at radius 1 is 1.60 bits per heavy atom. The van der Waals surface area contributed by atoms with E-state index in [9.17, 15) is 0 Å². The van der Waals surface area contributed by atoms with E-state index < -0.39 is 0 Å². The summed E-state index contributed by atoms with van der Waals surface area (Å²) in [4.78, 5) is 8.49. The molecule has 2 heterocycles. The predicted octanol–water partition coefficient (Wildman–Crippen LogP) is 1.71. The van der Waals surface area contributed by atoms with Gasteiger partial charge in [-0.05, 0) is 42.2 Å². The molecule has 0 amide bonds. The van der Waals surface area contributed by atoms with Crippen molar-refractivity contribution in [3.63, 3.8) is 0 Å². The molecular formula is C10H15BrN4. The molecule has 1 saturated heterocycles. The van der Waals surface area contributed by atoms with Crippen LogP contribution >= 0.6 is 15.9 Å². The van der Waals surface area contributed by atoms with Crippen LogP contribution in [0.25, 0.3) is 0 Å². The highest BCUT2D eigenvalue weighted by molar-refractivity contribution is 9.10. The van der Waals surface area contributed by atoms with E-state index in [-0.39, 0.29) is 0 Å². The monoisotopic (exact) mass is 270 g/mol. The highest BCUT2D eigenvalue weighted by Gasteiger charge is 2.14. The lowest BCUT2D eigenvalue weighted by molar-refractivity contribution is 0.478. The molecule has 0 aromatic carbocycles. The summed E-state index contributed by atoms with van der Waals surface area (Å²) in [7, 11) is 0. The molecule has 15 heavy (non-hydrogen) atoms. The average molecular weight is 271 g/mol. The third-order valence-corrected chi connectivity index (χ3v) is 3.08. The molecule has 0 aliphatic carbocycles. The number of piperidine rings is 1. The van der Waals surface area contributed by atoms with Crippen molar-refractivity contribution in [1.82, 2.24) is 15.3 Å². The number of rotatable bonds is 2. The Bertz CT molecular complexity index is 336. The number of halogens is 1. The SMILES string of the molecule is Cc1ncc(Br)c(NC2CCCNC2)n1. The molecule has 1 aromatic rings. The molecule has 5 heteroatoms. The van der Waals surface area contributed by atoms with Crippen LogP contribution in [0, 0.1) is 6.92 Å². The minimum absolute atomic E-state index is 0.476. The zero-order valence-corrected chi connectivity index (χ0v) is 10.3. The second kappa shape index (κ2) is 4.90. The highest BCUT2D eigenvalue weighted by Crippen LogP contribution is 2.20. The maximum Gasteiger partial charge on any atom is 0.144 e. The molecule has 2 rings (SSSR count). The van der Waals surface area contributed by atoms with Gasteiger partial charge in [0.2, 0.25) is 0 Å². The number of anilines is 1. The van der Waals surface area contributed by atoms with Crippen molar-refractivity contribution in [2.24, 2.45) is 0 Å². The van der Waals surface area contributed by atoms with Crippen molar-refractivity contribution in [3.05, 3.63) is 16.5 Å². The van der Waals surface area contributed by atoms with E-state index in [0.717, 1.165) is 29.2 Å². The number of aromatic nitrogens is 2. The van der Waals surface area contributed by atoms with E-state index in [1.807, 2.05) is 6.92 Å². The second-order valence-corrected chi connectivity index (χ2v) is 4.66. The first-order valence-corrected chi connectivity index (χ1v) is 6.01. The normalized spacial score (nSPS) is 21.3. The molecule has 1 fully saturated rings. The number of hydrogen-bond acceptors (Lipinski definition) is 4. The maximum absolute atomic E-state index is 4.37. The molecule has 82 valence electrons. The molecule has 1 aliphatic heterocycles. The zero-order chi connectivity index (χ0) is 10.7. The number of nitrogens with one attached hydrogen (secondary N) is 2. The van der Waals surface area contributed by atoms with Gasteiger partial charge >= 0.3 is 0 Å². The molecule has 0 radical (unpaired) electrons. The van der Waals surface area contributed by atoms with Gasteiger partial charge in [0.15, 0.2) is 0 Å². The van der Waals surface area contributed by atoms with E-state index in [2.05, 4.69) is 36.5 Å². The highest BCUT2D eigenvalue weighted by atomic mass is 79.9. The first kappa shape index (κ1) is 10.8. The van der Waals surface area contributed by atoms with Gasteiger partial charge in [-0.1, -0.05) is 0 Å². The minimum Gasteiger partial charge on any atom is -0.365 e. The fourth-order valence-electron chi connectivity index (χ4n) is 1.72. The van der Waals surface area contributed by atoms with Crippen LogP contribution in [0.1, 0.15) is 18.7 Å². The van der Waals surface area contributed by atoms with Crippen molar-refractivity contribution >= 4 is 21.7 Å². The molecule has 1 aliphatic rings. The summed E-state index contributed by atoms with van der Waals surface area (Å²) < 4.78 is 0.929. The van der Waals surface area contributed by atoms with Crippen LogP contribution in [-0.4, -0.2) is 29.1 Å². The van der Waals surface area contributed by atoms with Gasteiger partial charge in [0.05, 0.1) is 4.47 Å². The molecule has 1 atom stereocenters. The van der Waals surface area contributed by atoms with Crippen molar-refractivity contribution < 1.29 is 0 Å². The van der Waals surface area contributed by atoms with Crippen LogP contribution in [0.4, 0.5) is 5.82 Å². The smallest absolute Gasteiger partial charge is 0.144 e. The van der Waals surface area contributed by atoms with Crippen LogP contribution in [-0.2, 0) is 0 Å². The lowest BCUT2D eigenvalue weighted by atomic mass is 10.1. The van der Waals surface area contributed by atoms with Gasteiger partial charge in [0, 0.05) is 18.8 Å². The van der Waals surface area contributed by atoms with Crippen LogP contribution in [0.15, 0.2) is 10.7 Å². The van der Waals surface area contributed by atoms with Crippen molar-refractivity contribution in [3.8, 4) is 0 Å². The largest absolute Gasteiger partial charge is 0.365 e. The molecule has 0 saturated carbocycles. The fraction of sp³-hybridized carbons (Fsp3) is 0.600. The van der Waals surface area contributed by atoms with E-state index in [0.29, 0.717) is 6.04 Å². The second-order valence-electron chi connectivity index (χ2n) is 3.80. The van der Waals surface area contributed by atoms with E-state index in [1.54, 1.807) is 6.20 Å². The van der Waals surface area contributed by atoms with Gasteiger partial charge < -0.3 is 10.6 Å². The Morgan fingerprint density at radius 3 is 3.20 bits per heavy atom. The summed E-state index contributed by atoms with van der Waals surface area (Å²) in [5.74, 6) is 1.70. The van der Waals surface area contributed by atoms with E-state index >= 15 is 0 Å².